The second kappa shape index (κ2) is 4.39. The van der Waals surface area contributed by atoms with Gasteiger partial charge in [0, 0.05) is 19.1 Å². The lowest BCUT2D eigenvalue weighted by Gasteiger charge is -2.36. The van der Waals surface area contributed by atoms with E-state index in [0.717, 1.165) is 25.9 Å². The van der Waals surface area contributed by atoms with Crippen LogP contribution in [0, 0.1) is 0 Å². The van der Waals surface area contributed by atoms with Gasteiger partial charge in [-0.1, -0.05) is 0 Å². The lowest BCUT2D eigenvalue weighted by molar-refractivity contribution is 0.163. The first-order chi connectivity index (χ1) is 7.07. The predicted octanol–water partition coefficient (Wildman–Crippen LogP) is 0.506. The van der Waals surface area contributed by atoms with Gasteiger partial charge in [0.1, 0.15) is 0 Å². The van der Waals surface area contributed by atoms with Crippen molar-refractivity contribution in [2.24, 2.45) is 0 Å². The van der Waals surface area contributed by atoms with Gasteiger partial charge in [0.2, 0.25) is 10.0 Å². The van der Waals surface area contributed by atoms with E-state index >= 15 is 0 Å². The quantitative estimate of drug-likeness (QED) is 0.696. The molecule has 88 valence electrons. The molecule has 2 heterocycles. The van der Waals surface area contributed by atoms with Gasteiger partial charge in [0.15, 0.2) is 0 Å². The average Bonchev–Trinajstić information content (AvgIpc) is 2.69. The Morgan fingerprint density at radius 3 is 2.33 bits per heavy atom. The molecule has 0 saturated carbocycles. The van der Waals surface area contributed by atoms with Gasteiger partial charge in [-0.3, -0.25) is 4.90 Å². The van der Waals surface area contributed by atoms with Crippen LogP contribution in [0.1, 0.15) is 25.7 Å². The Bertz CT molecular complexity index is 309. The Kier molecular flexibility index (Phi) is 3.33. The van der Waals surface area contributed by atoms with Crippen LogP contribution < -0.4 is 0 Å². The molecule has 0 aromatic carbocycles. The van der Waals surface area contributed by atoms with E-state index in [-0.39, 0.29) is 0 Å². The van der Waals surface area contributed by atoms with Crippen molar-refractivity contribution in [3.8, 4) is 0 Å². The molecule has 2 aliphatic rings. The summed E-state index contributed by atoms with van der Waals surface area (Å²) in [4.78, 5) is 2.46. The summed E-state index contributed by atoms with van der Waals surface area (Å²) in [5.41, 5.74) is 0. The van der Waals surface area contributed by atoms with Crippen molar-refractivity contribution in [3.05, 3.63) is 0 Å². The minimum Gasteiger partial charge on any atom is -0.299 e. The molecule has 2 rings (SSSR count). The second-order valence-corrected chi connectivity index (χ2v) is 6.64. The molecular weight excluding hydrogens is 212 g/mol. The highest BCUT2D eigenvalue weighted by Gasteiger charge is 2.30. The highest BCUT2D eigenvalue weighted by molar-refractivity contribution is 7.88. The summed E-state index contributed by atoms with van der Waals surface area (Å²) in [5, 5.41) is 0. The third-order valence-corrected chi connectivity index (χ3v) is 4.75. The van der Waals surface area contributed by atoms with Gasteiger partial charge >= 0.3 is 0 Å². The minimum atomic E-state index is -2.98. The summed E-state index contributed by atoms with van der Waals surface area (Å²) < 4.78 is 24.5. The molecule has 0 spiro atoms. The van der Waals surface area contributed by atoms with Crippen LogP contribution in [0.25, 0.3) is 0 Å². The normalized spacial score (nSPS) is 30.9. The first-order valence-electron chi connectivity index (χ1n) is 5.76. The van der Waals surface area contributed by atoms with Gasteiger partial charge in [-0.25, -0.2) is 12.7 Å². The van der Waals surface area contributed by atoms with Gasteiger partial charge in [-0.05, 0) is 38.8 Å². The van der Waals surface area contributed by atoms with Crippen LogP contribution in [0.2, 0.25) is 0 Å². The average molecular weight is 232 g/mol. The molecule has 0 aromatic rings. The van der Waals surface area contributed by atoms with Gasteiger partial charge < -0.3 is 0 Å². The van der Waals surface area contributed by atoms with E-state index in [1.807, 2.05) is 0 Å². The zero-order chi connectivity index (χ0) is 10.9. The number of hydrogen-bond acceptors (Lipinski definition) is 3. The van der Waals surface area contributed by atoms with E-state index < -0.39 is 10.0 Å². The molecule has 1 unspecified atom stereocenters. The van der Waals surface area contributed by atoms with E-state index in [9.17, 15) is 8.42 Å². The highest BCUT2D eigenvalue weighted by Crippen LogP contribution is 2.21. The third kappa shape index (κ3) is 2.71. The number of likely N-dealkylation sites (tertiary alicyclic amines) is 1. The molecule has 0 radical (unpaired) electrons. The van der Waals surface area contributed by atoms with E-state index in [2.05, 4.69) is 4.90 Å². The standard InChI is InChI=1S/C10H20N2O2S/c1-15(13,14)12-8-4-5-10(9-12)11-6-2-3-7-11/h10H,2-9H2,1H3. The SMILES string of the molecule is CS(=O)(=O)N1CCCC(N2CCCC2)C1. The van der Waals surface area contributed by atoms with E-state index in [1.54, 1.807) is 4.31 Å². The number of piperidine rings is 1. The lowest BCUT2D eigenvalue weighted by atomic mass is 10.1. The molecule has 1 atom stereocenters. The summed E-state index contributed by atoms with van der Waals surface area (Å²) in [7, 11) is -2.98. The number of nitrogens with zero attached hydrogens (tertiary/aromatic N) is 2. The van der Waals surface area contributed by atoms with Crippen LogP contribution >= 0.6 is 0 Å². The maximum absolute atomic E-state index is 11.5. The van der Waals surface area contributed by atoms with E-state index in [1.165, 1.54) is 19.1 Å². The number of sulfonamides is 1. The molecule has 0 N–H and O–H groups in total. The van der Waals surface area contributed by atoms with Gasteiger partial charge in [0.05, 0.1) is 6.26 Å². The first kappa shape index (κ1) is 11.4. The zero-order valence-electron chi connectivity index (χ0n) is 9.35. The predicted molar refractivity (Wildman–Crippen MR) is 60.2 cm³/mol. The summed E-state index contributed by atoms with van der Waals surface area (Å²) in [6.45, 7) is 3.73. The molecular formula is C10H20N2O2S. The molecule has 5 heteroatoms. The van der Waals surface area contributed by atoms with Crippen LogP contribution in [-0.4, -0.2) is 56.1 Å². The number of rotatable bonds is 2. The molecule has 0 aromatic heterocycles. The Balaban J connectivity index is 1.97. The Morgan fingerprint density at radius 2 is 1.73 bits per heavy atom. The third-order valence-electron chi connectivity index (χ3n) is 3.49. The summed E-state index contributed by atoms with van der Waals surface area (Å²) in [5.74, 6) is 0. The zero-order valence-corrected chi connectivity index (χ0v) is 10.2. The van der Waals surface area contributed by atoms with E-state index in [4.69, 9.17) is 0 Å². The smallest absolute Gasteiger partial charge is 0.211 e. The topological polar surface area (TPSA) is 40.6 Å². The number of hydrogen-bond donors (Lipinski definition) is 0. The van der Waals surface area contributed by atoms with Gasteiger partial charge in [-0.15, -0.1) is 0 Å². The van der Waals surface area contributed by atoms with Crippen molar-refractivity contribution in [2.75, 3.05) is 32.4 Å². The molecule has 4 nitrogen and oxygen atoms in total. The largest absolute Gasteiger partial charge is 0.299 e. The van der Waals surface area contributed by atoms with Crippen LogP contribution in [0.15, 0.2) is 0 Å². The summed E-state index contributed by atoms with van der Waals surface area (Å²) in [6.07, 6.45) is 6.03. The van der Waals surface area contributed by atoms with Crippen LogP contribution in [0.3, 0.4) is 0 Å². The Labute approximate surface area is 92.3 Å². The maximum atomic E-state index is 11.5. The second-order valence-electron chi connectivity index (χ2n) is 4.66. The summed E-state index contributed by atoms with van der Waals surface area (Å²) in [6, 6.07) is 0.468. The fraction of sp³-hybridized carbons (Fsp3) is 1.00. The van der Waals surface area contributed by atoms with Crippen LogP contribution in [0.5, 0.6) is 0 Å². The summed E-state index contributed by atoms with van der Waals surface area (Å²) >= 11 is 0. The molecule has 2 aliphatic heterocycles. The maximum Gasteiger partial charge on any atom is 0.211 e. The highest BCUT2D eigenvalue weighted by atomic mass is 32.2. The monoisotopic (exact) mass is 232 g/mol. The van der Waals surface area contributed by atoms with Crippen LogP contribution in [-0.2, 0) is 10.0 Å². The van der Waals surface area contributed by atoms with Crippen molar-refractivity contribution in [1.29, 1.82) is 0 Å². The van der Waals surface area contributed by atoms with Gasteiger partial charge in [0.25, 0.3) is 0 Å². The van der Waals surface area contributed by atoms with Crippen molar-refractivity contribution < 1.29 is 8.42 Å². The minimum absolute atomic E-state index is 0.468. The fourth-order valence-corrected chi connectivity index (χ4v) is 3.53. The first-order valence-corrected chi connectivity index (χ1v) is 7.61. The Morgan fingerprint density at radius 1 is 1.07 bits per heavy atom. The van der Waals surface area contributed by atoms with Gasteiger partial charge in [-0.2, -0.15) is 0 Å². The van der Waals surface area contributed by atoms with Crippen LogP contribution in [0.4, 0.5) is 0 Å². The molecule has 0 aliphatic carbocycles. The molecule has 2 fully saturated rings. The Hall–Kier alpha value is -0.130. The fourth-order valence-electron chi connectivity index (χ4n) is 2.63. The molecule has 0 amide bonds. The lowest BCUT2D eigenvalue weighted by Crippen LogP contribution is -2.48. The van der Waals surface area contributed by atoms with Crippen molar-refractivity contribution in [2.45, 2.75) is 31.7 Å². The van der Waals surface area contributed by atoms with Crippen molar-refractivity contribution in [3.63, 3.8) is 0 Å². The van der Waals surface area contributed by atoms with Crippen molar-refractivity contribution in [1.82, 2.24) is 9.21 Å². The van der Waals surface area contributed by atoms with E-state index in [0.29, 0.717) is 19.1 Å². The molecule has 2 saturated heterocycles. The molecule has 15 heavy (non-hydrogen) atoms. The van der Waals surface area contributed by atoms with Crippen molar-refractivity contribution >= 4 is 10.0 Å². The molecule has 0 bridgehead atoms.